The number of hydrogen-bond donors (Lipinski definition) is 2. The summed E-state index contributed by atoms with van der Waals surface area (Å²) in [6, 6.07) is -0.564. The lowest BCUT2D eigenvalue weighted by molar-refractivity contribution is -0.143. The number of likely N-dealkylation sites (N-methyl/N-ethyl adjacent to an activating group) is 2. The van der Waals surface area contributed by atoms with Crippen LogP contribution in [0.25, 0.3) is 0 Å². The molecule has 0 aromatic rings. The molecule has 3 amide bonds. The zero-order valence-corrected chi connectivity index (χ0v) is 12.7. The summed E-state index contributed by atoms with van der Waals surface area (Å²) in [5, 5.41) is 5.36. The van der Waals surface area contributed by atoms with Gasteiger partial charge in [0.05, 0.1) is 12.2 Å². The average Bonchev–Trinajstić information content (AvgIpc) is 2.76. The fourth-order valence-electron chi connectivity index (χ4n) is 2.85. The quantitative estimate of drug-likeness (QED) is 0.662. The second kappa shape index (κ2) is 6.15. The van der Waals surface area contributed by atoms with Crippen molar-refractivity contribution < 1.29 is 14.4 Å². The Morgan fingerprint density at radius 1 is 1.38 bits per heavy atom. The summed E-state index contributed by atoms with van der Waals surface area (Å²) < 4.78 is 0. The highest BCUT2D eigenvalue weighted by Gasteiger charge is 2.41. The maximum Gasteiger partial charge on any atom is 0.273 e. The molecule has 0 aromatic heterocycles. The van der Waals surface area contributed by atoms with Crippen molar-refractivity contribution in [3.05, 3.63) is 11.4 Å². The molecule has 0 aromatic carbocycles. The van der Waals surface area contributed by atoms with Crippen molar-refractivity contribution in [1.29, 1.82) is 0 Å². The number of carbonyl (C=O) groups is 3. The molecule has 0 aliphatic carbocycles. The molecule has 116 valence electrons. The Morgan fingerprint density at radius 2 is 2.10 bits per heavy atom. The van der Waals surface area contributed by atoms with Crippen molar-refractivity contribution in [2.24, 2.45) is 0 Å². The van der Waals surface area contributed by atoms with Gasteiger partial charge in [-0.2, -0.15) is 0 Å². The lowest BCUT2D eigenvalue weighted by Crippen LogP contribution is -2.53. The third-order valence-electron chi connectivity index (χ3n) is 3.91. The van der Waals surface area contributed by atoms with Gasteiger partial charge in [-0.1, -0.05) is 6.92 Å². The van der Waals surface area contributed by atoms with E-state index in [-0.39, 0.29) is 24.1 Å². The summed E-state index contributed by atoms with van der Waals surface area (Å²) in [5.41, 5.74) is 1.43. The molecular weight excluding hydrogens is 272 g/mol. The van der Waals surface area contributed by atoms with Crippen LogP contribution in [-0.2, 0) is 14.4 Å². The number of rotatable bonds is 5. The molecular formula is C14H22N4O3. The van der Waals surface area contributed by atoms with Gasteiger partial charge in [-0.25, -0.2) is 0 Å². The summed E-state index contributed by atoms with van der Waals surface area (Å²) >= 11 is 0. The summed E-state index contributed by atoms with van der Waals surface area (Å²) in [5.74, 6) is -0.799. The molecule has 2 aliphatic rings. The largest absolute Gasteiger partial charge is 0.388 e. The van der Waals surface area contributed by atoms with Crippen LogP contribution in [-0.4, -0.2) is 60.7 Å². The Hall–Kier alpha value is -2.05. The van der Waals surface area contributed by atoms with Crippen LogP contribution in [0.5, 0.6) is 0 Å². The van der Waals surface area contributed by atoms with E-state index in [1.165, 1.54) is 0 Å². The van der Waals surface area contributed by atoms with E-state index < -0.39 is 6.04 Å². The fourth-order valence-corrected chi connectivity index (χ4v) is 2.85. The zero-order chi connectivity index (χ0) is 15.6. The van der Waals surface area contributed by atoms with Gasteiger partial charge in [0.2, 0.25) is 11.8 Å². The first-order valence-electron chi connectivity index (χ1n) is 7.26. The molecule has 0 saturated carbocycles. The average molecular weight is 294 g/mol. The van der Waals surface area contributed by atoms with E-state index in [4.69, 9.17) is 0 Å². The van der Waals surface area contributed by atoms with Crippen molar-refractivity contribution >= 4 is 17.7 Å². The first kappa shape index (κ1) is 15.3. The van der Waals surface area contributed by atoms with Gasteiger partial charge in [0.15, 0.2) is 0 Å². The second-order valence-electron chi connectivity index (χ2n) is 5.40. The lowest BCUT2D eigenvalue weighted by atomic mass is 10.0. The minimum atomic E-state index is -0.564. The molecule has 1 fully saturated rings. The number of amides is 3. The summed E-state index contributed by atoms with van der Waals surface area (Å²) in [6.07, 6.45) is 1.59. The van der Waals surface area contributed by atoms with Crippen molar-refractivity contribution in [2.45, 2.75) is 32.2 Å². The first-order valence-corrected chi connectivity index (χ1v) is 7.26. The smallest absolute Gasteiger partial charge is 0.273 e. The van der Waals surface area contributed by atoms with Gasteiger partial charge in [-0.3, -0.25) is 19.7 Å². The minimum Gasteiger partial charge on any atom is -0.388 e. The standard InChI is InChI=1S/C14H22N4O3/c1-4-7-17(3)12-9(15-2)8-18(14(12)21)10-5-6-11(19)16-13(10)20/h10,15H,4-8H2,1-3H3,(H,16,19,20). The third kappa shape index (κ3) is 2.86. The van der Waals surface area contributed by atoms with Crippen LogP contribution in [0.3, 0.4) is 0 Å². The molecule has 0 radical (unpaired) electrons. The van der Waals surface area contributed by atoms with Gasteiger partial charge in [0, 0.05) is 27.1 Å². The van der Waals surface area contributed by atoms with Crippen molar-refractivity contribution in [3.63, 3.8) is 0 Å². The summed E-state index contributed by atoms with van der Waals surface area (Å²) in [7, 11) is 3.65. The number of carbonyl (C=O) groups excluding carboxylic acids is 3. The molecule has 0 bridgehead atoms. The van der Waals surface area contributed by atoms with Crippen LogP contribution < -0.4 is 10.6 Å². The van der Waals surface area contributed by atoms with E-state index in [0.29, 0.717) is 18.7 Å². The van der Waals surface area contributed by atoms with Gasteiger partial charge < -0.3 is 15.1 Å². The van der Waals surface area contributed by atoms with Crippen LogP contribution in [0.4, 0.5) is 0 Å². The molecule has 7 nitrogen and oxygen atoms in total. The molecule has 21 heavy (non-hydrogen) atoms. The predicted octanol–water partition coefficient (Wildman–Crippen LogP) is -0.593. The lowest BCUT2D eigenvalue weighted by Gasteiger charge is -2.30. The Kier molecular flexibility index (Phi) is 4.50. The van der Waals surface area contributed by atoms with Crippen molar-refractivity contribution in [3.8, 4) is 0 Å². The van der Waals surface area contributed by atoms with Crippen molar-refractivity contribution in [2.75, 3.05) is 27.2 Å². The van der Waals surface area contributed by atoms with E-state index in [1.54, 1.807) is 11.9 Å². The molecule has 1 atom stereocenters. The molecule has 1 saturated heterocycles. The highest BCUT2D eigenvalue weighted by Crippen LogP contribution is 2.25. The topological polar surface area (TPSA) is 81.8 Å². The van der Waals surface area contributed by atoms with E-state index in [9.17, 15) is 14.4 Å². The molecule has 7 heteroatoms. The van der Waals surface area contributed by atoms with E-state index >= 15 is 0 Å². The van der Waals surface area contributed by atoms with Gasteiger partial charge in [0.1, 0.15) is 11.7 Å². The molecule has 2 aliphatic heterocycles. The van der Waals surface area contributed by atoms with Gasteiger partial charge in [-0.15, -0.1) is 0 Å². The van der Waals surface area contributed by atoms with Crippen LogP contribution >= 0.6 is 0 Å². The third-order valence-corrected chi connectivity index (χ3v) is 3.91. The molecule has 2 heterocycles. The first-order chi connectivity index (χ1) is 9.99. The molecule has 2 N–H and O–H groups in total. The second-order valence-corrected chi connectivity index (χ2v) is 5.40. The molecule has 2 rings (SSSR count). The number of nitrogens with one attached hydrogen (secondary N) is 2. The normalized spacial score (nSPS) is 22.7. The van der Waals surface area contributed by atoms with Crippen LogP contribution in [0.15, 0.2) is 11.4 Å². The van der Waals surface area contributed by atoms with Gasteiger partial charge in [0.25, 0.3) is 5.91 Å². The SMILES string of the molecule is CCCN(C)C1=C(NC)CN(C2CCC(=O)NC2=O)C1=O. The highest BCUT2D eigenvalue weighted by molar-refractivity contribution is 6.04. The van der Waals surface area contributed by atoms with E-state index in [0.717, 1.165) is 18.7 Å². The van der Waals surface area contributed by atoms with Gasteiger partial charge in [-0.05, 0) is 12.8 Å². The van der Waals surface area contributed by atoms with Crippen LogP contribution in [0.1, 0.15) is 26.2 Å². The minimum absolute atomic E-state index is 0.148. The number of nitrogens with zero attached hydrogens (tertiary/aromatic N) is 2. The van der Waals surface area contributed by atoms with Gasteiger partial charge >= 0.3 is 0 Å². The molecule has 0 spiro atoms. The monoisotopic (exact) mass is 294 g/mol. The summed E-state index contributed by atoms with van der Waals surface area (Å²) in [6.45, 7) is 3.20. The van der Waals surface area contributed by atoms with Crippen molar-refractivity contribution in [1.82, 2.24) is 20.4 Å². The van der Waals surface area contributed by atoms with E-state index in [2.05, 4.69) is 10.6 Å². The Morgan fingerprint density at radius 3 is 2.67 bits per heavy atom. The Labute approximate surface area is 124 Å². The predicted molar refractivity (Wildman–Crippen MR) is 76.9 cm³/mol. The molecule has 1 unspecified atom stereocenters. The Balaban J connectivity index is 2.18. The fraction of sp³-hybridized carbons (Fsp3) is 0.643. The zero-order valence-electron chi connectivity index (χ0n) is 12.7. The number of hydrogen-bond acceptors (Lipinski definition) is 5. The highest BCUT2D eigenvalue weighted by atomic mass is 16.2. The number of imide groups is 1. The van der Waals surface area contributed by atoms with Crippen LogP contribution in [0.2, 0.25) is 0 Å². The maximum absolute atomic E-state index is 12.6. The summed E-state index contributed by atoms with van der Waals surface area (Å²) in [4.78, 5) is 39.3. The maximum atomic E-state index is 12.6. The number of piperidine rings is 1. The Bertz CT molecular complexity index is 500. The van der Waals surface area contributed by atoms with Crippen LogP contribution in [0, 0.1) is 0 Å². The van der Waals surface area contributed by atoms with E-state index in [1.807, 2.05) is 18.9 Å².